The van der Waals surface area contributed by atoms with Gasteiger partial charge in [-0.05, 0) is 17.5 Å². The topological polar surface area (TPSA) is 54.5 Å². The van der Waals surface area contributed by atoms with E-state index in [4.69, 9.17) is 11.6 Å². The Hall–Kier alpha value is -1.68. The Morgan fingerprint density at radius 2 is 1.85 bits per heavy atom. The van der Waals surface area contributed by atoms with Gasteiger partial charge in [-0.15, -0.1) is 0 Å². The van der Waals surface area contributed by atoms with E-state index >= 15 is 0 Å². The molecule has 0 saturated carbocycles. The summed E-state index contributed by atoms with van der Waals surface area (Å²) in [4.78, 5) is 37.1. The third-order valence-electron chi connectivity index (χ3n) is 3.31. The van der Waals surface area contributed by atoms with Crippen LogP contribution in [0.3, 0.4) is 0 Å². The molecular formula is C15H16ClNO3. The monoisotopic (exact) mass is 293 g/mol. The fraction of sp³-hybridized carbons (Fsp3) is 0.400. The van der Waals surface area contributed by atoms with Crippen molar-refractivity contribution < 1.29 is 14.4 Å². The normalized spacial score (nSPS) is 18.2. The fourth-order valence-corrected chi connectivity index (χ4v) is 2.47. The minimum absolute atomic E-state index is 0.214. The van der Waals surface area contributed by atoms with E-state index in [9.17, 15) is 14.4 Å². The Labute approximate surface area is 122 Å². The van der Waals surface area contributed by atoms with Gasteiger partial charge in [-0.1, -0.05) is 37.6 Å². The molecule has 2 rings (SSSR count). The molecule has 4 nitrogen and oxygen atoms in total. The van der Waals surface area contributed by atoms with E-state index in [0.717, 1.165) is 4.90 Å². The number of carbonyl (C=O) groups is 3. The van der Waals surface area contributed by atoms with Crippen LogP contribution in [0, 0.1) is 5.41 Å². The second-order valence-corrected chi connectivity index (χ2v) is 6.26. The Bertz CT molecular complexity index is 560. The Kier molecular flexibility index (Phi) is 3.95. The van der Waals surface area contributed by atoms with Gasteiger partial charge < -0.3 is 0 Å². The molecule has 1 aromatic carbocycles. The van der Waals surface area contributed by atoms with Gasteiger partial charge in [0.05, 0.1) is 6.54 Å². The predicted octanol–water partition coefficient (Wildman–Crippen LogP) is 2.70. The number of carbonyl (C=O) groups excluding carboxylic acids is 3. The van der Waals surface area contributed by atoms with Crippen molar-refractivity contribution in [3.05, 3.63) is 34.9 Å². The summed E-state index contributed by atoms with van der Waals surface area (Å²) >= 11 is 5.83. The first-order valence-electron chi connectivity index (χ1n) is 6.40. The quantitative estimate of drug-likeness (QED) is 0.636. The van der Waals surface area contributed by atoms with Gasteiger partial charge in [0, 0.05) is 23.4 Å². The zero-order valence-electron chi connectivity index (χ0n) is 11.5. The Morgan fingerprint density at radius 3 is 2.40 bits per heavy atom. The first-order chi connectivity index (χ1) is 9.28. The maximum absolute atomic E-state index is 12.1. The molecule has 0 radical (unpaired) electrons. The lowest BCUT2D eigenvalue weighted by Crippen LogP contribution is -2.48. The minimum Gasteiger partial charge on any atom is -0.292 e. The van der Waals surface area contributed by atoms with Crippen LogP contribution in [0.5, 0.6) is 0 Å². The molecule has 1 aromatic rings. The van der Waals surface area contributed by atoms with E-state index in [0.29, 0.717) is 10.6 Å². The molecule has 1 heterocycles. The first-order valence-corrected chi connectivity index (χ1v) is 6.78. The van der Waals surface area contributed by atoms with Crippen molar-refractivity contribution in [2.45, 2.75) is 26.7 Å². The van der Waals surface area contributed by atoms with Crippen molar-refractivity contribution in [1.82, 2.24) is 4.90 Å². The molecular weight excluding hydrogens is 278 g/mol. The van der Waals surface area contributed by atoms with Crippen LogP contribution in [-0.2, 0) is 9.59 Å². The van der Waals surface area contributed by atoms with E-state index in [1.54, 1.807) is 18.2 Å². The highest BCUT2D eigenvalue weighted by Gasteiger charge is 2.38. The number of hydrogen-bond donors (Lipinski definition) is 0. The van der Waals surface area contributed by atoms with Crippen LogP contribution >= 0.6 is 11.6 Å². The van der Waals surface area contributed by atoms with Gasteiger partial charge in [-0.3, -0.25) is 19.3 Å². The number of rotatable bonds is 3. The maximum atomic E-state index is 12.1. The summed E-state index contributed by atoms with van der Waals surface area (Å²) < 4.78 is 0. The molecule has 106 valence electrons. The molecule has 1 saturated heterocycles. The molecule has 0 bridgehead atoms. The van der Waals surface area contributed by atoms with Crippen LogP contribution in [0.2, 0.25) is 5.02 Å². The summed E-state index contributed by atoms with van der Waals surface area (Å²) in [6.45, 7) is 3.53. The van der Waals surface area contributed by atoms with Crippen molar-refractivity contribution >= 4 is 29.2 Å². The number of amides is 2. The zero-order chi connectivity index (χ0) is 14.9. The van der Waals surface area contributed by atoms with Crippen molar-refractivity contribution in [2.24, 2.45) is 5.41 Å². The van der Waals surface area contributed by atoms with Crippen molar-refractivity contribution in [3.8, 4) is 0 Å². The number of imide groups is 1. The van der Waals surface area contributed by atoms with Crippen LogP contribution in [0.15, 0.2) is 24.3 Å². The lowest BCUT2D eigenvalue weighted by atomic mass is 9.81. The number of ketones is 1. The molecule has 0 aliphatic carbocycles. The summed E-state index contributed by atoms with van der Waals surface area (Å²) in [5.74, 6) is -0.864. The summed E-state index contributed by atoms with van der Waals surface area (Å²) in [5, 5.41) is 0.452. The van der Waals surface area contributed by atoms with Gasteiger partial charge in [0.15, 0.2) is 5.78 Å². The molecule has 0 spiro atoms. The summed E-state index contributed by atoms with van der Waals surface area (Å²) in [5.41, 5.74) is 0.0759. The lowest BCUT2D eigenvalue weighted by Gasteiger charge is -2.34. The SMILES string of the molecule is CC1(C)CC(=O)N(CC(=O)c2cccc(Cl)c2)C(=O)C1. The molecule has 5 heteroatoms. The molecule has 1 fully saturated rings. The van der Waals surface area contributed by atoms with Gasteiger partial charge in [0.2, 0.25) is 11.8 Å². The smallest absolute Gasteiger partial charge is 0.230 e. The van der Waals surface area contributed by atoms with E-state index in [2.05, 4.69) is 0 Å². The van der Waals surface area contributed by atoms with E-state index in [1.165, 1.54) is 6.07 Å². The number of nitrogens with zero attached hydrogens (tertiary/aromatic N) is 1. The third-order valence-corrected chi connectivity index (χ3v) is 3.55. The predicted molar refractivity (Wildman–Crippen MR) is 75.5 cm³/mol. The van der Waals surface area contributed by atoms with Crippen LogP contribution in [0.1, 0.15) is 37.0 Å². The second-order valence-electron chi connectivity index (χ2n) is 5.82. The van der Waals surface area contributed by atoms with Crippen LogP contribution in [-0.4, -0.2) is 29.0 Å². The van der Waals surface area contributed by atoms with Crippen molar-refractivity contribution in [1.29, 1.82) is 0 Å². The Balaban J connectivity index is 2.12. The number of piperidine rings is 1. The molecule has 1 aliphatic rings. The van der Waals surface area contributed by atoms with E-state index in [-0.39, 0.29) is 42.4 Å². The number of halogens is 1. The van der Waals surface area contributed by atoms with Crippen LogP contribution in [0.4, 0.5) is 0 Å². The van der Waals surface area contributed by atoms with Crippen LogP contribution < -0.4 is 0 Å². The van der Waals surface area contributed by atoms with Gasteiger partial charge in [-0.25, -0.2) is 0 Å². The second kappa shape index (κ2) is 5.37. The molecule has 1 aliphatic heterocycles. The van der Waals surface area contributed by atoms with Gasteiger partial charge >= 0.3 is 0 Å². The van der Waals surface area contributed by atoms with Crippen molar-refractivity contribution in [3.63, 3.8) is 0 Å². The van der Waals surface area contributed by atoms with Gasteiger partial charge in [0.1, 0.15) is 0 Å². The number of Topliss-reactive ketones (excluding diaryl/α,β-unsaturated/α-hetero) is 1. The number of likely N-dealkylation sites (tertiary alicyclic amines) is 1. The molecule has 0 atom stereocenters. The number of hydrogen-bond acceptors (Lipinski definition) is 3. The average Bonchev–Trinajstić information content (AvgIpc) is 2.32. The first kappa shape index (κ1) is 14.7. The molecule has 0 unspecified atom stereocenters. The average molecular weight is 294 g/mol. The van der Waals surface area contributed by atoms with Gasteiger partial charge in [0.25, 0.3) is 0 Å². The highest BCUT2D eigenvalue weighted by atomic mass is 35.5. The third kappa shape index (κ3) is 3.25. The number of benzene rings is 1. The maximum Gasteiger partial charge on any atom is 0.230 e. The van der Waals surface area contributed by atoms with E-state index < -0.39 is 0 Å². The molecule has 0 aromatic heterocycles. The highest BCUT2D eigenvalue weighted by Crippen LogP contribution is 2.31. The Morgan fingerprint density at radius 1 is 1.25 bits per heavy atom. The van der Waals surface area contributed by atoms with E-state index in [1.807, 2.05) is 13.8 Å². The molecule has 2 amide bonds. The van der Waals surface area contributed by atoms with Gasteiger partial charge in [-0.2, -0.15) is 0 Å². The lowest BCUT2D eigenvalue weighted by molar-refractivity contribution is -0.151. The summed E-state index contributed by atoms with van der Waals surface area (Å²) in [6, 6.07) is 6.49. The zero-order valence-corrected chi connectivity index (χ0v) is 12.2. The highest BCUT2D eigenvalue weighted by molar-refractivity contribution is 6.31. The standard InChI is InChI=1S/C15H16ClNO3/c1-15(2)7-13(19)17(14(20)8-15)9-12(18)10-4-3-5-11(16)6-10/h3-6H,7-9H2,1-2H3. The minimum atomic E-state index is -0.330. The largest absolute Gasteiger partial charge is 0.292 e. The molecule has 20 heavy (non-hydrogen) atoms. The summed E-state index contributed by atoms with van der Waals surface area (Å²) in [7, 11) is 0. The fourth-order valence-electron chi connectivity index (χ4n) is 2.28. The van der Waals surface area contributed by atoms with Crippen molar-refractivity contribution in [2.75, 3.05) is 6.54 Å². The molecule has 0 N–H and O–H groups in total. The van der Waals surface area contributed by atoms with Crippen LogP contribution in [0.25, 0.3) is 0 Å². The summed E-state index contributed by atoms with van der Waals surface area (Å²) in [6.07, 6.45) is 0.559.